The van der Waals surface area contributed by atoms with Gasteiger partial charge in [0.2, 0.25) is 0 Å². The van der Waals surface area contributed by atoms with Crippen molar-refractivity contribution >= 4 is 15.9 Å². The molecule has 0 saturated heterocycles. The SMILES string of the molecule is CC1(Cc2ccc(F)c(Br)c2)CCC(O)C1. The molecular formula is C13H16BrFO. The van der Waals surface area contributed by atoms with Gasteiger partial charge in [0.1, 0.15) is 5.82 Å². The molecule has 0 aromatic heterocycles. The van der Waals surface area contributed by atoms with Crippen molar-refractivity contribution < 1.29 is 9.50 Å². The van der Waals surface area contributed by atoms with E-state index in [4.69, 9.17) is 0 Å². The zero-order valence-electron chi connectivity index (χ0n) is 9.34. The minimum atomic E-state index is -0.222. The summed E-state index contributed by atoms with van der Waals surface area (Å²) in [5.41, 5.74) is 1.29. The number of hydrogen-bond donors (Lipinski definition) is 1. The normalized spacial score (nSPS) is 29.6. The van der Waals surface area contributed by atoms with E-state index in [1.807, 2.05) is 12.1 Å². The van der Waals surface area contributed by atoms with Crippen molar-refractivity contribution in [2.24, 2.45) is 5.41 Å². The highest BCUT2D eigenvalue weighted by Crippen LogP contribution is 2.40. The maximum atomic E-state index is 13.1. The molecule has 1 aliphatic rings. The van der Waals surface area contributed by atoms with Gasteiger partial charge in [-0.15, -0.1) is 0 Å². The second-order valence-corrected chi connectivity index (χ2v) is 5.99. The van der Waals surface area contributed by atoms with E-state index in [1.54, 1.807) is 0 Å². The van der Waals surface area contributed by atoms with Gasteiger partial charge in [-0.2, -0.15) is 0 Å². The summed E-state index contributed by atoms with van der Waals surface area (Å²) in [5.74, 6) is -0.222. The molecule has 0 aliphatic heterocycles. The highest BCUT2D eigenvalue weighted by atomic mass is 79.9. The zero-order chi connectivity index (χ0) is 11.8. The molecule has 1 fully saturated rings. The fourth-order valence-corrected chi connectivity index (χ4v) is 3.02. The summed E-state index contributed by atoms with van der Waals surface area (Å²) in [6.45, 7) is 2.19. The van der Waals surface area contributed by atoms with Crippen LogP contribution >= 0.6 is 15.9 Å². The first-order chi connectivity index (χ1) is 7.48. The number of benzene rings is 1. The lowest BCUT2D eigenvalue weighted by molar-refractivity contribution is 0.163. The first kappa shape index (κ1) is 12.1. The minimum absolute atomic E-state index is 0.158. The van der Waals surface area contributed by atoms with Crippen LogP contribution in [0.5, 0.6) is 0 Å². The lowest BCUT2D eigenvalue weighted by atomic mass is 9.82. The van der Waals surface area contributed by atoms with Gasteiger partial charge in [0.25, 0.3) is 0 Å². The molecule has 88 valence electrons. The molecular weight excluding hydrogens is 271 g/mol. The quantitative estimate of drug-likeness (QED) is 0.879. The Bertz CT molecular complexity index is 394. The summed E-state index contributed by atoms with van der Waals surface area (Å²) in [5, 5.41) is 9.57. The van der Waals surface area contributed by atoms with Gasteiger partial charge < -0.3 is 5.11 Å². The van der Waals surface area contributed by atoms with Crippen molar-refractivity contribution in [3.63, 3.8) is 0 Å². The van der Waals surface area contributed by atoms with Crippen LogP contribution in [0.2, 0.25) is 0 Å². The van der Waals surface area contributed by atoms with Crippen molar-refractivity contribution in [2.75, 3.05) is 0 Å². The molecule has 0 radical (unpaired) electrons. The van der Waals surface area contributed by atoms with Crippen LogP contribution in [0.3, 0.4) is 0 Å². The molecule has 1 aromatic rings. The van der Waals surface area contributed by atoms with Crippen molar-refractivity contribution in [2.45, 2.75) is 38.7 Å². The van der Waals surface area contributed by atoms with E-state index in [-0.39, 0.29) is 17.3 Å². The van der Waals surface area contributed by atoms with E-state index >= 15 is 0 Å². The topological polar surface area (TPSA) is 20.2 Å². The Labute approximate surface area is 104 Å². The van der Waals surface area contributed by atoms with Crippen LogP contribution in [0.25, 0.3) is 0 Å². The van der Waals surface area contributed by atoms with Gasteiger partial charge in [0.15, 0.2) is 0 Å². The highest BCUT2D eigenvalue weighted by molar-refractivity contribution is 9.10. The third-order valence-electron chi connectivity index (χ3n) is 3.42. The Hall–Kier alpha value is -0.410. The molecule has 1 saturated carbocycles. The molecule has 0 spiro atoms. The molecule has 0 heterocycles. The van der Waals surface area contributed by atoms with Gasteiger partial charge in [-0.3, -0.25) is 0 Å². The molecule has 1 aromatic carbocycles. The Kier molecular flexibility index (Phi) is 3.36. The van der Waals surface area contributed by atoms with E-state index in [0.717, 1.165) is 31.2 Å². The summed E-state index contributed by atoms with van der Waals surface area (Å²) in [6.07, 6.45) is 3.53. The first-order valence-electron chi connectivity index (χ1n) is 5.60. The van der Waals surface area contributed by atoms with E-state index in [0.29, 0.717) is 4.47 Å². The Morgan fingerprint density at radius 1 is 1.56 bits per heavy atom. The molecule has 0 bridgehead atoms. The second-order valence-electron chi connectivity index (χ2n) is 5.13. The van der Waals surface area contributed by atoms with Gasteiger partial charge in [-0.25, -0.2) is 4.39 Å². The number of aliphatic hydroxyl groups is 1. The van der Waals surface area contributed by atoms with Crippen molar-refractivity contribution in [1.82, 2.24) is 0 Å². The average molecular weight is 287 g/mol. The summed E-state index contributed by atoms with van der Waals surface area (Å²) < 4.78 is 13.6. The zero-order valence-corrected chi connectivity index (χ0v) is 10.9. The van der Waals surface area contributed by atoms with Gasteiger partial charge in [0, 0.05) is 0 Å². The van der Waals surface area contributed by atoms with Crippen LogP contribution in [0.4, 0.5) is 4.39 Å². The molecule has 16 heavy (non-hydrogen) atoms. The average Bonchev–Trinajstić information content (AvgIpc) is 2.52. The summed E-state index contributed by atoms with van der Waals surface area (Å²) in [4.78, 5) is 0. The minimum Gasteiger partial charge on any atom is -0.393 e. The standard InChI is InChI=1S/C13H16BrFO/c1-13(5-4-10(16)8-13)7-9-2-3-12(15)11(14)6-9/h2-3,6,10,16H,4-5,7-8H2,1H3. The van der Waals surface area contributed by atoms with Crippen LogP contribution in [0.15, 0.2) is 22.7 Å². The second kappa shape index (κ2) is 4.46. The van der Waals surface area contributed by atoms with Crippen LogP contribution in [0, 0.1) is 11.2 Å². The van der Waals surface area contributed by atoms with Gasteiger partial charge in [-0.05, 0) is 64.7 Å². The van der Waals surface area contributed by atoms with Gasteiger partial charge in [0.05, 0.1) is 10.6 Å². The highest BCUT2D eigenvalue weighted by Gasteiger charge is 2.34. The largest absolute Gasteiger partial charge is 0.393 e. The lowest BCUT2D eigenvalue weighted by Gasteiger charge is -2.23. The Morgan fingerprint density at radius 2 is 2.31 bits per heavy atom. The van der Waals surface area contributed by atoms with E-state index < -0.39 is 0 Å². The van der Waals surface area contributed by atoms with E-state index in [2.05, 4.69) is 22.9 Å². The van der Waals surface area contributed by atoms with Crippen molar-refractivity contribution in [3.8, 4) is 0 Å². The lowest BCUT2D eigenvalue weighted by Crippen LogP contribution is -2.16. The van der Waals surface area contributed by atoms with Crippen LogP contribution in [0.1, 0.15) is 31.7 Å². The number of hydrogen-bond acceptors (Lipinski definition) is 1. The van der Waals surface area contributed by atoms with Crippen molar-refractivity contribution in [1.29, 1.82) is 0 Å². The summed E-state index contributed by atoms with van der Waals surface area (Å²) in [7, 11) is 0. The van der Waals surface area contributed by atoms with Gasteiger partial charge >= 0.3 is 0 Å². The number of aliphatic hydroxyl groups excluding tert-OH is 1. The number of halogens is 2. The third-order valence-corrected chi connectivity index (χ3v) is 4.03. The predicted molar refractivity (Wildman–Crippen MR) is 65.8 cm³/mol. The molecule has 3 heteroatoms. The molecule has 0 amide bonds. The molecule has 2 atom stereocenters. The smallest absolute Gasteiger partial charge is 0.137 e. The molecule has 1 nitrogen and oxygen atoms in total. The Balaban J connectivity index is 2.12. The Morgan fingerprint density at radius 3 is 2.88 bits per heavy atom. The van der Waals surface area contributed by atoms with Crippen LogP contribution < -0.4 is 0 Å². The van der Waals surface area contributed by atoms with Crippen molar-refractivity contribution in [3.05, 3.63) is 34.1 Å². The summed E-state index contributed by atoms with van der Waals surface area (Å²) in [6, 6.07) is 5.16. The third kappa shape index (κ3) is 2.64. The van der Waals surface area contributed by atoms with E-state index in [9.17, 15) is 9.50 Å². The maximum absolute atomic E-state index is 13.1. The maximum Gasteiger partial charge on any atom is 0.137 e. The predicted octanol–water partition coefficient (Wildman–Crippen LogP) is 3.68. The monoisotopic (exact) mass is 286 g/mol. The molecule has 2 rings (SSSR count). The fraction of sp³-hybridized carbons (Fsp3) is 0.538. The van der Waals surface area contributed by atoms with Crippen LogP contribution in [-0.4, -0.2) is 11.2 Å². The first-order valence-corrected chi connectivity index (χ1v) is 6.40. The number of rotatable bonds is 2. The summed E-state index contributed by atoms with van der Waals surface area (Å²) >= 11 is 3.20. The van der Waals surface area contributed by atoms with E-state index in [1.165, 1.54) is 6.07 Å². The fourth-order valence-electron chi connectivity index (χ4n) is 2.59. The molecule has 2 unspecified atom stereocenters. The molecule has 1 aliphatic carbocycles. The molecule has 1 N–H and O–H groups in total. The van der Waals surface area contributed by atoms with Crippen LogP contribution in [-0.2, 0) is 6.42 Å². The van der Waals surface area contributed by atoms with Gasteiger partial charge in [-0.1, -0.05) is 13.0 Å².